The van der Waals surface area contributed by atoms with Crippen LogP contribution in [-0.4, -0.2) is 30.3 Å². The van der Waals surface area contributed by atoms with E-state index < -0.39 is 0 Å². The molecule has 0 aliphatic carbocycles. The maximum absolute atomic E-state index is 5.58. The maximum Gasteiger partial charge on any atom is 0.161 e. The summed E-state index contributed by atoms with van der Waals surface area (Å²) in [6.07, 6.45) is 3.39. The molecule has 2 N–H and O–H groups in total. The van der Waals surface area contributed by atoms with Gasteiger partial charge >= 0.3 is 0 Å². The Labute approximate surface area is 227 Å². The molecule has 38 heavy (non-hydrogen) atoms. The van der Waals surface area contributed by atoms with E-state index in [1.807, 2.05) is 12.1 Å². The fourth-order valence-corrected chi connectivity index (χ4v) is 6.19. The fraction of sp³-hybridized carbons (Fsp3) is 0.353. The van der Waals surface area contributed by atoms with E-state index in [0.29, 0.717) is 5.92 Å². The first-order valence-electron chi connectivity index (χ1n) is 13.5. The van der Waals surface area contributed by atoms with Crippen LogP contribution in [-0.2, 0) is 0 Å². The van der Waals surface area contributed by atoms with Gasteiger partial charge in [-0.05, 0) is 98.2 Å². The van der Waals surface area contributed by atoms with Crippen molar-refractivity contribution in [3.8, 4) is 33.9 Å². The van der Waals surface area contributed by atoms with Gasteiger partial charge in [0.2, 0.25) is 0 Å². The minimum absolute atomic E-state index is 0.0199. The molecule has 0 unspecified atom stereocenters. The van der Waals surface area contributed by atoms with E-state index in [0.717, 1.165) is 34.7 Å². The lowest BCUT2D eigenvalue weighted by Gasteiger charge is -2.41. The molecule has 4 heteroatoms. The number of aromatic nitrogens is 1. The van der Waals surface area contributed by atoms with Crippen molar-refractivity contribution in [1.29, 1.82) is 0 Å². The van der Waals surface area contributed by atoms with Crippen molar-refractivity contribution >= 4 is 16.5 Å². The van der Waals surface area contributed by atoms with E-state index >= 15 is 0 Å². The molecule has 4 nitrogen and oxygen atoms in total. The number of rotatable bonds is 6. The number of methoxy groups -OCH3 is 2. The number of hydrogen-bond acceptors (Lipinski definition) is 3. The van der Waals surface area contributed by atoms with E-state index in [1.165, 1.54) is 33.2 Å². The highest BCUT2D eigenvalue weighted by Crippen LogP contribution is 2.40. The van der Waals surface area contributed by atoms with Crippen molar-refractivity contribution in [2.45, 2.75) is 65.0 Å². The van der Waals surface area contributed by atoms with Crippen LogP contribution in [0.2, 0.25) is 0 Å². The molecule has 0 amide bonds. The minimum atomic E-state index is -0.0199. The number of nitrogens with one attached hydrogen (secondary N) is 2. The summed E-state index contributed by atoms with van der Waals surface area (Å²) in [7, 11) is 3.34. The van der Waals surface area contributed by atoms with Crippen LogP contribution in [0.5, 0.6) is 11.5 Å². The van der Waals surface area contributed by atoms with Crippen molar-refractivity contribution in [2.24, 2.45) is 0 Å². The van der Waals surface area contributed by atoms with Crippen LogP contribution in [0.4, 0.5) is 0 Å². The lowest BCUT2D eigenvalue weighted by molar-refractivity contribution is 0.297. The van der Waals surface area contributed by atoms with Crippen LogP contribution in [0, 0.1) is 0 Å². The van der Waals surface area contributed by atoms with E-state index in [1.54, 1.807) is 14.2 Å². The lowest BCUT2D eigenvalue weighted by Crippen LogP contribution is -2.53. The van der Waals surface area contributed by atoms with Gasteiger partial charge in [0.25, 0.3) is 0 Å². The van der Waals surface area contributed by atoms with Gasteiger partial charge in [-0.2, -0.15) is 0 Å². The molecule has 1 aromatic heterocycles. The summed E-state index contributed by atoms with van der Waals surface area (Å²) < 4.78 is 11.0. The average Bonchev–Trinajstić information content (AvgIpc) is 3.25. The summed E-state index contributed by atoms with van der Waals surface area (Å²) in [6.45, 7) is 13.6. The lowest BCUT2D eigenvalue weighted by atomic mass is 9.81. The molecular weight excluding hydrogens is 468 g/mol. The molecule has 0 saturated heterocycles. The SMILES string of the molecule is COc1ccc(-c2[nH]c3ccc(-c4ccc(C5=CC(C)(C)NC(C)(C)C5)cc4)cc3c2C(C)C)cc1OC. The van der Waals surface area contributed by atoms with Crippen molar-refractivity contribution in [3.05, 3.63) is 77.9 Å². The first kappa shape index (κ1) is 26.1. The van der Waals surface area contributed by atoms with Gasteiger partial charge in [-0.1, -0.05) is 50.3 Å². The Morgan fingerprint density at radius 1 is 0.737 bits per heavy atom. The Kier molecular flexibility index (Phi) is 6.65. The molecule has 3 aromatic carbocycles. The molecule has 0 saturated carbocycles. The highest BCUT2D eigenvalue weighted by Gasteiger charge is 2.32. The molecule has 5 rings (SSSR count). The average molecular weight is 509 g/mol. The van der Waals surface area contributed by atoms with Crippen LogP contribution in [0.1, 0.15) is 65.0 Å². The predicted molar refractivity (Wildman–Crippen MR) is 160 cm³/mol. The standard InChI is InChI=1S/C34H40N2O2/c1-21(2)31-27-17-24(13-15-28(27)35-32(31)25-14-16-29(37-7)30(18-25)38-8)22-9-11-23(12-10-22)26-19-33(3,4)36-34(5,6)20-26/h9-19,21,35-36H,20H2,1-8H3. The Morgan fingerprint density at radius 2 is 1.37 bits per heavy atom. The summed E-state index contributed by atoms with van der Waals surface area (Å²) in [5.41, 5.74) is 9.90. The van der Waals surface area contributed by atoms with Crippen molar-refractivity contribution in [3.63, 3.8) is 0 Å². The molecule has 0 radical (unpaired) electrons. The highest BCUT2D eigenvalue weighted by atomic mass is 16.5. The molecule has 198 valence electrons. The first-order valence-corrected chi connectivity index (χ1v) is 13.5. The topological polar surface area (TPSA) is 46.3 Å². The van der Waals surface area contributed by atoms with Gasteiger partial charge in [-0.15, -0.1) is 0 Å². The van der Waals surface area contributed by atoms with Crippen LogP contribution in [0.15, 0.2) is 66.7 Å². The van der Waals surface area contributed by atoms with Gasteiger partial charge in [-0.3, -0.25) is 0 Å². The third-order valence-electron chi connectivity index (χ3n) is 7.51. The highest BCUT2D eigenvalue weighted by molar-refractivity contribution is 5.94. The molecule has 0 fully saturated rings. The van der Waals surface area contributed by atoms with Crippen molar-refractivity contribution in [1.82, 2.24) is 10.3 Å². The number of benzene rings is 3. The molecule has 0 spiro atoms. The quantitative estimate of drug-likeness (QED) is 0.274. The van der Waals surface area contributed by atoms with Crippen LogP contribution in [0.25, 0.3) is 38.9 Å². The number of fused-ring (bicyclic) bond motifs is 1. The van der Waals surface area contributed by atoms with Gasteiger partial charge in [-0.25, -0.2) is 0 Å². The van der Waals surface area contributed by atoms with Gasteiger partial charge < -0.3 is 19.8 Å². The third kappa shape index (κ3) is 4.98. The Bertz CT molecular complexity index is 1500. The van der Waals surface area contributed by atoms with E-state index in [2.05, 4.69) is 106 Å². The zero-order chi connectivity index (χ0) is 27.2. The van der Waals surface area contributed by atoms with Crippen LogP contribution >= 0.6 is 0 Å². The smallest absolute Gasteiger partial charge is 0.161 e. The maximum atomic E-state index is 5.58. The van der Waals surface area contributed by atoms with Gasteiger partial charge in [0.15, 0.2) is 11.5 Å². The fourth-order valence-electron chi connectivity index (χ4n) is 6.19. The number of ether oxygens (including phenoxy) is 2. The summed E-state index contributed by atoms with van der Waals surface area (Å²) in [4.78, 5) is 3.69. The van der Waals surface area contributed by atoms with Crippen molar-refractivity contribution < 1.29 is 9.47 Å². The molecule has 1 aliphatic rings. The Hall–Kier alpha value is -3.50. The molecular formula is C34H40N2O2. The number of aromatic amines is 1. The molecule has 4 aromatic rings. The second kappa shape index (κ2) is 9.67. The zero-order valence-corrected chi connectivity index (χ0v) is 24.0. The molecule has 1 aliphatic heterocycles. The summed E-state index contributed by atoms with van der Waals surface area (Å²) in [5.74, 6) is 1.81. The minimum Gasteiger partial charge on any atom is -0.493 e. The second-order valence-electron chi connectivity index (χ2n) is 12.1. The van der Waals surface area contributed by atoms with Gasteiger partial charge in [0.05, 0.1) is 19.9 Å². The van der Waals surface area contributed by atoms with E-state index in [4.69, 9.17) is 9.47 Å². The Morgan fingerprint density at radius 3 is 2.00 bits per heavy atom. The third-order valence-corrected chi connectivity index (χ3v) is 7.51. The summed E-state index contributed by atoms with van der Waals surface area (Å²) >= 11 is 0. The van der Waals surface area contributed by atoms with Crippen LogP contribution < -0.4 is 14.8 Å². The molecule has 0 atom stereocenters. The summed E-state index contributed by atoms with van der Waals surface area (Å²) in [5, 5.41) is 4.99. The van der Waals surface area contributed by atoms with E-state index in [-0.39, 0.29) is 11.1 Å². The van der Waals surface area contributed by atoms with Gasteiger partial charge in [0.1, 0.15) is 0 Å². The monoisotopic (exact) mass is 508 g/mol. The molecule has 0 bridgehead atoms. The largest absolute Gasteiger partial charge is 0.493 e. The van der Waals surface area contributed by atoms with Crippen LogP contribution in [0.3, 0.4) is 0 Å². The number of H-pyrrole nitrogens is 1. The normalized spacial score (nSPS) is 16.5. The van der Waals surface area contributed by atoms with Gasteiger partial charge in [0, 0.05) is 27.5 Å². The second-order valence-corrected chi connectivity index (χ2v) is 12.1. The number of hydrogen-bond donors (Lipinski definition) is 2. The zero-order valence-electron chi connectivity index (χ0n) is 24.0. The summed E-state index contributed by atoms with van der Waals surface area (Å²) in [6, 6.07) is 21.9. The van der Waals surface area contributed by atoms with Crippen molar-refractivity contribution in [2.75, 3.05) is 14.2 Å². The molecule has 2 heterocycles. The Balaban J connectivity index is 1.53. The van der Waals surface area contributed by atoms with E-state index in [9.17, 15) is 0 Å². The first-order chi connectivity index (χ1) is 18.0. The predicted octanol–water partition coefficient (Wildman–Crippen LogP) is 8.58.